The summed E-state index contributed by atoms with van der Waals surface area (Å²) >= 11 is 0. The Labute approximate surface area is 100 Å². The lowest BCUT2D eigenvalue weighted by molar-refractivity contribution is -0.0366. The first kappa shape index (κ1) is 10.7. The number of benzene rings is 1. The van der Waals surface area contributed by atoms with Crippen molar-refractivity contribution in [2.45, 2.75) is 32.0 Å². The van der Waals surface area contributed by atoms with Gasteiger partial charge in [-0.05, 0) is 30.9 Å². The first-order valence-corrected chi connectivity index (χ1v) is 6.17. The van der Waals surface area contributed by atoms with Crippen LogP contribution in [0.2, 0.25) is 0 Å². The molecule has 2 N–H and O–H groups in total. The van der Waals surface area contributed by atoms with Crippen LogP contribution in [-0.2, 0) is 11.3 Å². The maximum atomic E-state index is 5.77. The molecule has 2 aromatic rings. The number of nitrogens with two attached hydrogens (primary N) is 1. The first-order chi connectivity index (χ1) is 8.40. The van der Waals surface area contributed by atoms with Gasteiger partial charge in [0.25, 0.3) is 0 Å². The van der Waals surface area contributed by atoms with Crippen LogP contribution in [-0.4, -0.2) is 16.4 Å². The van der Waals surface area contributed by atoms with E-state index in [-0.39, 0.29) is 6.23 Å². The second kappa shape index (κ2) is 4.47. The average molecular weight is 231 g/mol. The zero-order valence-electron chi connectivity index (χ0n) is 9.80. The third-order valence-corrected chi connectivity index (χ3v) is 3.38. The van der Waals surface area contributed by atoms with Gasteiger partial charge in [0.15, 0.2) is 6.23 Å². The molecule has 4 nitrogen and oxygen atoms in total. The number of fused-ring (bicyclic) bond motifs is 1. The van der Waals surface area contributed by atoms with Crippen molar-refractivity contribution in [3.8, 4) is 0 Å². The molecule has 0 radical (unpaired) electrons. The fourth-order valence-corrected chi connectivity index (χ4v) is 2.45. The van der Waals surface area contributed by atoms with E-state index < -0.39 is 0 Å². The van der Waals surface area contributed by atoms with E-state index in [0.29, 0.717) is 6.54 Å². The van der Waals surface area contributed by atoms with Gasteiger partial charge in [0.1, 0.15) is 0 Å². The summed E-state index contributed by atoms with van der Waals surface area (Å²) in [5.74, 6) is 0. The molecule has 0 spiro atoms. The Morgan fingerprint density at radius 2 is 2.35 bits per heavy atom. The monoisotopic (exact) mass is 231 g/mol. The zero-order valence-corrected chi connectivity index (χ0v) is 9.80. The average Bonchev–Trinajstić information content (AvgIpc) is 2.83. The van der Waals surface area contributed by atoms with Crippen molar-refractivity contribution in [1.29, 1.82) is 0 Å². The summed E-state index contributed by atoms with van der Waals surface area (Å²) in [6.07, 6.45) is 5.40. The summed E-state index contributed by atoms with van der Waals surface area (Å²) in [5, 5.41) is 5.61. The predicted molar refractivity (Wildman–Crippen MR) is 66.5 cm³/mol. The molecule has 2 heterocycles. The minimum Gasteiger partial charge on any atom is -0.356 e. The third-order valence-electron chi connectivity index (χ3n) is 3.38. The number of hydrogen-bond acceptors (Lipinski definition) is 3. The molecule has 1 aliphatic heterocycles. The lowest BCUT2D eigenvalue weighted by Crippen LogP contribution is -2.18. The van der Waals surface area contributed by atoms with Gasteiger partial charge in [-0.1, -0.05) is 12.1 Å². The molecule has 0 aliphatic carbocycles. The third kappa shape index (κ3) is 1.83. The molecule has 0 amide bonds. The van der Waals surface area contributed by atoms with Crippen LogP contribution in [0.3, 0.4) is 0 Å². The van der Waals surface area contributed by atoms with Crippen LogP contribution >= 0.6 is 0 Å². The van der Waals surface area contributed by atoms with Crippen molar-refractivity contribution < 1.29 is 4.74 Å². The second-order valence-corrected chi connectivity index (χ2v) is 4.46. The zero-order chi connectivity index (χ0) is 11.7. The molecular weight excluding hydrogens is 214 g/mol. The number of nitrogens with zero attached hydrogens (tertiary/aromatic N) is 2. The standard InChI is InChI=1S/C13H17N3O/c14-8-10-4-3-5-12-11(10)9-15-16(12)13-6-1-2-7-17-13/h3-5,9,13H,1-2,6-8,14H2. The first-order valence-electron chi connectivity index (χ1n) is 6.17. The van der Waals surface area contributed by atoms with Crippen LogP contribution in [0.25, 0.3) is 10.9 Å². The highest BCUT2D eigenvalue weighted by molar-refractivity contribution is 5.82. The largest absolute Gasteiger partial charge is 0.356 e. The van der Waals surface area contributed by atoms with E-state index in [1.165, 1.54) is 6.42 Å². The van der Waals surface area contributed by atoms with E-state index >= 15 is 0 Å². The van der Waals surface area contributed by atoms with Crippen molar-refractivity contribution in [2.24, 2.45) is 5.73 Å². The Balaban J connectivity index is 2.05. The predicted octanol–water partition coefficient (Wildman–Crippen LogP) is 2.19. The highest BCUT2D eigenvalue weighted by Crippen LogP contribution is 2.27. The van der Waals surface area contributed by atoms with E-state index in [1.807, 2.05) is 16.9 Å². The Hall–Kier alpha value is -1.39. The van der Waals surface area contributed by atoms with Gasteiger partial charge in [-0.15, -0.1) is 0 Å². The molecule has 1 saturated heterocycles. The fraction of sp³-hybridized carbons (Fsp3) is 0.462. The fourth-order valence-electron chi connectivity index (χ4n) is 2.45. The molecule has 1 atom stereocenters. The van der Waals surface area contributed by atoms with Crippen LogP contribution in [0.1, 0.15) is 31.1 Å². The van der Waals surface area contributed by atoms with Gasteiger partial charge in [-0.3, -0.25) is 0 Å². The molecule has 1 aliphatic rings. The molecular formula is C13H17N3O. The van der Waals surface area contributed by atoms with Crippen molar-refractivity contribution in [3.63, 3.8) is 0 Å². The van der Waals surface area contributed by atoms with Gasteiger partial charge in [-0.2, -0.15) is 5.10 Å². The highest BCUT2D eigenvalue weighted by Gasteiger charge is 2.18. The summed E-state index contributed by atoms with van der Waals surface area (Å²) in [6.45, 7) is 1.39. The Bertz CT molecular complexity index is 514. The molecule has 0 saturated carbocycles. The molecule has 1 aromatic heterocycles. The molecule has 1 unspecified atom stereocenters. The number of hydrogen-bond donors (Lipinski definition) is 1. The SMILES string of the molecule is NCc1cccc2c1cnn2C1CCCCO1. The molecule has 1 aromatic carbocycles. The van der Waals surface area contributed by atoms with E-state index in [4.69, 9.17) is 10.5 Å². The summed E-state index contributed by atoms with van der Waals surface area (Å²) in [5.41, 5.74) is 8.00. The van der Waals surface area contributed by atoms with E-state index in [9.17, 15) is 0 Å². The van der Waals surface area contributed by atoms with Gasteiger partial charge < -0.3 is 10.5 Å². The van der Waals surface area contributed by atoms with Crippen LogP contribution in [0.4, 0.5) is 0 Å². The lowest BCUT2D eigenvalue weighted by atomic mass is 10.1. The minimum atomic E-state index is 0.0919. The van der Waals surface area contributed by atoms with E-state index in [1.54, 1.807) is 0 Å². The van der Waals surface area contributed by atoms with Crippen molar-refractivity contribution in [1.82, 2.24) is 9.78 Å². The van der Waals surface area contributed by atoms with Gasteiger partial charge >= 0.3 is 0 Å². The van der Waals surface area contributed by atoms with E-state index in [2.05, 4.69) is 17.2 Å². The highest BCUT2D eigenvalue weighted by atomic mass is 16.5. The Morgan fingerprint density at radius 3 is 3.12 bits per heavy atom. The number of ether oxygens (including phenoxy) is 1. The smallest absolute Gasteiger partial charge is 0.150 e. The lowest BCUT2D eigenvalue weighted by Gasteiger charge is -2.23. The van der Waals surface area contributed by atoms with Gasteiger partial charge in [-0.25, -0.2) is 4.68 Å². The Morgan fingerprint density at radius 1 is 1.41 bits per heavy atom. The molecule has 4 heteroatoms. The molecule has 90 valence electrons. The topological polar surface area (TPSA) is 53.1 Å². The summed E-state index contributed by atoms with van der Waals surface area (Å²) in [7, 11) is 0. The van der Waals surface area contributed by atoms with Gasteiger partial charge in [0.2, 0.25) is 0 Å². The molecule has 17 heavy (non-hydrogen) atoms. The molecule has 0 bridgehead atoms. The maximum Gasteiger partial charge on any atom is 0.150 e. The van der Waals surface area contributed by atoms with E-state index in [0.717, 1.165) is 35.9 Å². The molecule has 3 rings (SSSR count). The second-order valence-electron chi connectivity index (χ2n) is 4.46. The van der Waals surface area contributed by atoms with Crippen molar-refractivity contribution in [2.75, 3.05) is 6.61 Å². The van der Waals surface area contributed by atoms with Gasteiger partial charge in [0, 0.05) is 18.5 Å². The molecule has 1 fully saturated rings. The van der Waals surface area contributed by atoms with Crippen LogP contribution in [0, 0.1) is 0 Å². The van der Waals surface area contributed by atoms with Crippen LogP contribution < -0.4 is 5.73 Å². The van der Waals surface area contributed by atoms with Crippen LogP contribution in [0.15, 0.2) is 24.4 Å². The Kier molecular flexibility index (Phi) is 2.82. The quantitative estimate of drug-likeness (QED) is 0.862. The van der Waals surface area contributed by atoms with Crippen molar-refractivity contribution in [3.05, 3.63) is 30.0 Å². The minimum absolute atomic E-state index is 0.0919. The summed E-state index contributed by atoms with van der Waals surface area (Å²) < 4.78 is 7.77. The number of aromatic nitrogens is 2. The number of rotatable bonds is 2. The van der Waals surface area contributed by atoms with Crippen LogP contribution in [0.5, 0.6) is 0 Å². The maximum absolute atomic E-state index is 5.77. The normalized spacial score (nSPS) is 20.9. The summed E-state index contributed by atoms with van der Waals surface area (Å²) in [6, 6.07) is 6.17. The van der Waals surface area contributed by atoms with Crippen molar-refractivity contribution >= 4 is 10.9 Å². The van der Waals surface area contributed by atoms with Gasteiger partial charge in [0.05, 0.1) is 11.7 Å². The summed E-state index contributed by atoms with van der Waals surface area (Å²) in [4.78, 5) is 0.